The van der Waals surface area contributed by atoms with Gasteiger partial charge in [-0.05, 0) is 12.1 Å². The van der Waals surface area contributed by atoms with Gasteiger partial charge in [-0.15, -0.1) is 0 Å². The fourth-order valence-electron chi connectivity index (χ4n) is 2.52. The molecule has 1 unspecified atom stereocenters. The van der Waals surface area contributed by atoms with Crippen molar-refractivity contribution in [3.8, 4) is 11.5 Å². The van der Waals surface area contributed by atoms with Crippen molar-refractivity contribution in [2.45, 2.75) is 12.6 Å². The fraction of sp³-hybridized carbons (Fsp3) is 0.429. The smallest absolute Gasteiger partial charge is 0.405 e. The van der Waals surface area contributed by atoms with Crippen LogP contribution in [0, 0.1) is 5.92 Å². The molecule has 0 saturated carbocycles. The van der Waals surface area contributed by atoms with E-state index in [9.17, 15) is 22.8 Å². The SMILES string of the molecule is O=C(NCC(F)(F)F)C1CC(=O)N(c2ccc3c(c2)OCO3)C1. The van der Waals surface area contributed by atoms with Gasteiger partial charge in [-0.3, -0.25) is 9.59 Å². The van der Waals surface area contributed by atoms with Crippen molar-refractivity contribution >= 4 is 17.5 Å². The molecule has 9 heteroatoms. The second-order valence-electron chi connectivity index (χ2n) is 5.28. The lowest BCUT2D eigenvalue weighted by Gasteiger charge is -2.17. The molecule has 1 saturated heterocycles. The molecule has 2 amide bonds. The number of ether oxygens (including phenoxy) is 2. The van der Waals surface area contributed by atoms with Gasteiger partial charge in [0, 0.05) is 24.7 Å². The van der Waals surface area contributed by atoms with Crippen LogP contribution in [0.3, 0.4) is 0 Å². The number of carbonyl (C=O) groups is 2. The minimum atomic E-state index is -4.48. The molecular weight excluding hydrogens is 317 g/mol. The van der Waals surface area contributed by atoms with E-state index in [2.05, 4.69) is 0 Å². The summed E-state index contributed by atoms with van der Waals surface area (Å²) in [5.74, 6) is -0.870. The van der Waals surface area contributed by atoms with Crippen molar-refractivity contribution < 1.29 is 32.2 Å². The number of hydrogen-bond acceptors (Lipinski definition) is 4. The van der Waals surface area contributed by atoms with Crippen molar-refractivity contribution in [1.29, 1.82) is 0 Å². The first-order valence-electron chi connectivity index (χ1n) is 6.88. The molecule has 1 aromatic carbocycles. The van der Waals surface area contributed by atoms with Crippen LogP contribution in [0.5, 0.6) is 11.5 Å². The Kier molecular flexibility index (Phi) is 3.78. The second-order valence-corrected chi connectivity index (χ2v) is 5.28. The lowest BCUT2D eigenvalue weighted by Crippen LogP contribution is -2.38. The molecule has 3 rings (SSSR count). The highest BCUT2D eigenvalue weighted by molar-refractivity contribution is 6.00. The topological polar surface area (TPSA) is 67.9 Å². The molecule has 1 atom stereocenters. The van der Waals surface area contributed by atoms with Crippen molar-refractivity contribution in [1.82, 2.24) is 5.32 Å². The first kappa shape index (κ1) is 15.4. The lowest BCUT2D eigenvalue weighted by atomic mass is 10.1. The van der Waals surface area contributed by atoms with Gasteiger partial charge in [0.2, 0.25) is 18.6 Å². The first-order valence-corrected chi connectivity index (χ1v) is 6.88. The summed E-state index contributed by atoms with van der Waals surface area (Å²) in [5, 5.41) is 1.81. The van der Waals surface area contributed by atoms with Crippen LogP contribution in [0.2, 0.25) is 0 Å². The lowest BCUT2D eigenvalue weighted by molar-refractivity contribution is -0.140. The summed E-state index contributed by atoms with van der Waals surface area (Å²) in [6, 6.07) is 4.89. The predicted octanol–water partition coefficient (Wildman–Crippen LogP) is 1.45. The molecule has 0 spiro atoms. The van der Waals surface area contributed by atoms with E-state index in [1.54, 1.807) is 18.2 Å². The predicted molar refractivity (Wildman–Crippen MR) is 72.1 cm³/mol. The van der Waals surface area contributed by atoms with Gasteiger partial charge < -0.3 is 19.7 Å². The molecular formula is C14H13F3N2O4. The molecule has 0 aromatic heterocycles. The summed E-state index contributed by atoms with van der Waals surface area (Å²) in [7, 11) is 0. The van der Waals surface area contributed by atoms with Gasteiger partial charge in [0.15, 0.2) is 11.5 Å². The Morgan fingerprint density at radius 1 is 1.30 bits per heavy atom. The summed E-state index contributed by atoms with van der Waals surface area (Å²) >= 11 is 0. The maximum atomic E-state index is 12.1. The van der Waals surface area contributed by atoms with Crippen LogP contribution in [0.15, 0.2) is 18.2 Å². The zero-order valence-corrected chi connectivity index (χ0v) is 11.9. The highest BCUT2D eigenvalue weighted by Crippen LogP contribution is 2.37. The maximum absolute atomic E-state index is 12.1. The van der Waals surface area contributed by atoms with Gasteiger partial charge in [0.25, 0.3) is 0 Å². The van der Waals surface area contributed by atoms with Crippen molar-refractivity contribution in [3.63, 3.8) is 0 Å². The molecule has 2 aliphatic heterocycles. The van der Waals surface area contributed by atoms with Crippen molar-refractivity contribution in [2.75, 3.05) is 24.8 Å². The van der Waals surface area contributed by atoms with E-state index in [1.165, 1.54) is 4.90 Å². The molecule has 1 aromatic rings. The van der Waals surface area contributed by atoms with E-state index in [1.807, 2.05) is 5.32 Å². The first-order chi connectivity index (χ1) is 10.8. The Morgan fingerprint density at radius 2 is 2.04 bits per heavy atom. The summed E-state index contributed by atoms with van der Waals surface area (Å²) in [5.41, 5.74) is 0.519. The molecule has 0 aliphatic carbocycles. The number of rotatable bonds is 3. The Bertz CT molecular complexity index is 647. The number of benzene rings is 1. The summed E-state index contributed by atoms with van der Waals surface area (Å²) in [6.45, 7) is -1.28. The zero-order chi connectivity index (χ0) is 16.6. The number of anilines is 1. The number of amides is 2. The zero-order valence-electron chi connectivity index (χ0n) is 11.9. The van der Waals surface area contributed by atoms with Crippen molar-refractivity contribution in [2.24, 2.45) is 5.92 Å². The van der Waals surface area contributed by atoms with Crippen LogP contribution in [-0.2, 0) is 9.59 Å². The van der Waals surface area contributed by atoms with E-state index in [0.717, 1.165) is 0 Å². The number of hydrogen-bond donors (Lipinski definition) is 1. The van der Waals surface area contributed by atoms with Gasteiger partial charge in [0.1, 0.15) is 6.54 Å². The highest BCUT2D eigenvalue weighted by Gasteiger charge is 2.37. The third-order valence-corrected chi connectivity index (χ3v) is 3.63. The molecule has 2 heterocycles. The number of carbonyl (C=O) groups excluding carboxylic acids is 2. The number of halogens is 3. The Hall–Kier alpha value is -2.45. The normalized spacial score (nSPS) is 20.0. The second kappa shape index (κ2) is 5.64. The van der Waals surface area contributed by atoms with Gasteiger partial charge in [-0.2, -0.15) is 13.2 Å². The molecule has 1 N–H and O–H groups in total. The largest absolute Gasteiger partial charge is 0.454 e. The van der Waals surface area contributed by atoms with Crippen LogP contribution in [0.1, 0.15) is 6.42 Å². The van der Waals surface area contributed by atoms with Crippen LogP contribution in [0.25, 0.3) is 0 Å². The quantitative estimate of drug-likeness (QED) is 0.911. The van der Waals surface area contributed by atoms with Crippen LogP contribution < -0.4 is 19.7 Å². The molecule has 1 fully saturated rings. The van der Waals surface area contributed by atoms with Gasteiger partial charge in [0.05, 0.1) is 5.92 Å². The van der Waals surface area contributed by atoms with Gasteiger partial charge in [-0.1, -0.05) is 0 Å². The average molecular weight is 330 g/mol. The minimum Gasteiger partial charge on any atom is -0.454 e. The third kappa shape index (κ3) is 3.33. The Labute approximate surface area is 129 Å². The number of fused-ring (bicyclic) bond motifs is 1. The summed E-state index contributed by atoms with van der Waals surface area (Å²) in [4.78, 5) is 25.2. The van der Waals surface area contributed by atoms with Crippen LogP contribution >= 0.6 is 0 Å². The van der Waals surface area contributed by atoms with Gasteiger partial charge >= 0.3 is 6.18 Å². The number of nitrogens with one attached hydrogen (secondary N) is 1. The minimum absolute atomic E-state index is 0.0299. The molecule has 0 radical (unpaired) electrons. The molecule has 2 aliphatic rings. The maximum Gasteiger partial charge on any atom is 0.405 e. The molecule has 0 bridgehead atoms. The molecule has 124 valence electrons. The monoisotopic (exact) mass is 330 g/mol. The standard InChI is InChI=1S/C14H13F3N2O4/c15-14(16,17)6-18-13(21)8-3-12(20)19(5-8)9-1-2-10-11(4-9)23-7-22-10/h1-2,4,8H,3,5-7H2,(H,18,21). The summed E-state index contributed by atoms with van der Waals surface area (Å²) in [6.07, 6.45) is -4.60. The third-order valence-electron chi connectivity index (χ3n) is 3.63. The molecule has 6 nitrogen and oxygen atoms in total. The van der Waals surface area contributed by atoms with Crippen molar-refractivity contribution in [3.05, 3.63) is 18.2 Å². The Balaban J connectivity index is 1.67. The van der Waals surface area contributed by atoms with Crippen LogP contribution in [0.4, 0.5) is 18.9 Å². The number of nitrogens with zero attached hydrogens (tertiary/aromatic N) is 1. The fourth-order valence-corrected chi connectivity index (χ4v) is 2.52. The Morgan fingerprint density at radius 3 is 2.78 bits per heavy atom. The van der Waals surface area contributed by atoms with E-state index in [0.29, 0.717) is 17.2 Å². The van der Waals surface area contributed by atoms with Crippen LogP contribution in [-0.4, -0.2) is 37.9 Å². The highest BCUT2D eigenvalue weighted by atomic mass is 19.4. The van der Waals surface area contributed by atoms with Gasteiger partial charge in [-0.25, -0.2) is 0 Å². The average Bonchev–Trinajstić information content (AvgIpc) is 3.09. The molecule has 23 heavy (non-hydrogen) atoms. The van der Waals surface area contributed by atoms with E-state index < -0.39 is 24.5 Å². The van der Waals surface area contributed by atoms with E-state index in [-0.39, 0.29) is 25.7 Å². The van der Waals surface area contributed by atoms with E-state index >= 15 is 0 Å². The van der Waals surface area contributed by atoms with E-state index in [4.69, 9.17) is 9.47 Å². The number of alkyl halides is 3. The summed E-state index contributed by atoms with van der Waals surface area (Å²) < 4.78 is 46.8.